The molecule has 0 aliphatic rings. The Balaban J connectivity index is 1.67. The summed E-state index contributed by atoms with van der Waals surface area (Å²) in [6.45, 7) is 2.20. The van der Waals surface area contributed by atoms with E-state index in [0.717, 1.165) is 15.6 Å². The molecule has 3 heterocycles. The minimum absolute atomic E-state index is 0.128. The summed E-state index contributed by atoms with van der Waals surface area (Å²) in [6.07, 6.45) is 1.71. The van der Waals surface area contributed by atoms with Crippen LogP contribution in [0.5, 0.6) is 0 Å². The number of aromatic nitrogens is 6. The Bertz CT molecular complexity index is 1120. The van der Waals surface area contributed by atoms with Crippen molar-refractivity contribution < 1.29 is 0 Å². The molecule has 0 saturated heterocycles. The van der Waals surface area contributed by atoms with Crippen molar-refractivity contribution in [2.45, 2.75) is 13.5 Å². The van der Waals surface area contributed by atoms with Gasteiger partial charge in [0.25, 0.3) is 5.56 Å². The Labute approximate surface area is 151 Å². The molecule has 0 N–H and O–H groups in total. The molecule has 4 aromatic rings. The standard InChI is InChI=1S/C17H13BrN6O/c1-11-3-2-8-23-15(25)9-14(19-17(11)23)10-24-21-16(20-22-24)12-4-6-13(18)7-5-12/h2-9H,10H2,1H3. The smallest absolute Gasteiger partial charge is 0.258 e. The molecule has 0 amide bonds. The first kappa shape index (κ1) is 15.6. The van der Waals surface area contributed by atoms with Crippen molar-refractivity contribution in [2.24, 2.45) is 0 Å². The third kappa shape index (κ3) is 3.08. The molecule has 0 aliphatic carbocycles. The number of hydrogen-bond acceptors (Lipinski definition) is 5. The zero-order chi connectivity index (χ0) is 17.4. The lowest BCUT2D eigenvalue weighted by molar-refractivity contribution is 0.564. The molecule has 8 heteroatoms. The van der Waals surface area contributed by atoms with E-state index in [-0.39, 0.29) is 12.1 Å². The summed E-state index contributed by atoms with van der Waals surface area (Å²) in [5.74, 6) is 0.529. The SMILES string of the molecule is Cc1cccn2c(=O)cc(Cn3nnc(-c4ccc(Br)cc4)n3)nc12. The second kappa shape index (κ2) is 6.21. The van der Waals surface area contributed by atoms with Crippen molar-refractivity contribution in [1.29, 1.82) is 0 Å². The maximum Gasteiger partial charge on any atom is 0.258 e. The Hall–Kier alpha value is -2.87. The van der Waals surface area contributed by atoms with Gasteiger partial charge >= 0.3 is 0 Å². The number of halogens is 1. The first-order valence-corrected chi connectivity index (χ1v) is 8.41. The largest absolute Gasteiger partial charge is 0.269 e. The summed E-state index contributed by atoms with van der Waals surface area (Å²) in [4.78, 5) is 18.2. The summed E-state index contributed by atoms with van der Waals surface area (Å²) in [7, 11) is 0. The van der Waals surface area contributed by atoms with Crippen molar-refractivity contribution in [2.75, 3.05) is 0 Å². The van der Waals surface area contributed by atoms with E-state index in [9.17, 15) is 4.79 Å². The first-order valence-electron chi connectivity index (χ1n) is 7.62. The van der Waals surface area contributed by atoms with Gasteiger partial charge in [-0.25, -0.2) is 4.98 Å². The summed E-state index contributed by atoms with van der Waals surface area (Å²) in [5, 5.41) is 12.5. The second-order valence-electron chi connectivity index (χ2n) is 5.62. The highest BCUT2D eigenvalue weighted by Crippen LogP contribution is 2.17. The number of fused-ring (bicyclic) bond motifs is 1. The van der Waals surface area contributed by atoms with Crippen molar-refractivity contribution in [1.82, 2.24) is 29.6 Å². The van der Waals surface area contributed by atoms with Gasteiger partial charge in [0, 0.05) is 22.3 Å². The number of rotatable bonds is 3. The first-order chi connectivity index (χ1) is 12.1. The van der Waals surface area contributed by atoms with E-state index in [4.69, 9.17) is 0 Å². The molecule has 0 atom stereocenters. The fraction of sp³-hybridized carbons (Fsp3) is 0.118. The molecule has 0 spiro atoms. The molecule has 0 saturated carbocycles. The molecule has 0 radical (unpaired) electrons. The van der Waals surface area contributed by atoms with Gasteiger partial charge in [-0.3, -0.25) is 9.20 Å². The number of pyridine rings is 1. The monoisotopic (exact) mass is 396 g/mol. The number of hydrogen-bond donors (Lipinski definition) is 0. The van der Waals surface area contributed by atoms with Crippen LogP contribution in [-0.2, 0) is 6.54 Å². The van der Waals surface area contributed by atoms with Crippen LogP contribution in [0.3, 0.4) is 0 Å². The quantitative estimate of drug-likeness (QED) is 0.531. The molecule has 0 unspecified atom stereocenters. The highest BCUT2D eigenvalue weighted by Gasteiger charge is 2.09. The maximum absolute atomic E-state index is 12.3. The summed E-state index contributed by atoms with van der Waals surface area (Å²) < 4.78 is 2.51. The van der Waals surface area contributed by atoms with Gasteiger partial charge in [-0.2, -0.15) is 4.80 Å². The number of nitrogens with zero attached hydrogens (tertiary/aromatic N) is 6. The van der Waals surface area contributed by atoms with Crippen LogP contribution in [0.25, 0.3) is 17.0 Å². The Morgan fingerprint density at radius 2 is 1.96 bits per heavy atom. The Kier molecular flexibility index (Phi) is 3.89. The van der Waals surface area contributed by atoms with Gasteiger partial charge < -0.3 is 0 Å². The van der Waals surface area contributed by atoms with Crippen molar-refractivity contribution in [3.8, 4) is 11.4 Å². The summed E-state index contributed by atoms with van der Waals surface area (Å²) in [5.41, 5.74) is 2.91. The molecule has 1 aromatic carbocycles. The molecule has 0 bridgehead atoms. The lowest BCUT2D eigenvalue weighted by Gasteiger charge is -2.05. The maximum atomic E-state index is 12.3. The van der Waals surface area contributed by atoms with Gasteiger partial charge in [0.2, 0.25) is 5.82 Å². The average molecular weight is 397 g/mol. The fourth-order valence-electron chi connectivity index (χ4n) is 2.56. The van der Waals surface area contributed by atoms with Crippen molar-refractivity contribution in [3.63, 3.8) is 0 Å². The minimum atomic E-state index is -0.128. The lowest BCUT2D eigenvalue weighted by Crippen LogP contribution is -2.18. The van der Waals surface area contributed by atoms with E-state index in [0.29, 0.717) is 17.2 Å². The number of benzene rings is 1. The van der Waals surface area contributed by atoms with Crippen LogP contribution in [-0.4, -0.2) is 29.6 Å². The molecule has 0 aliphatic heterocycles. The second-order valence-corrected chi connectivity index (χ2v) is 6.54. The van der Waals surface area contributed by atoms with E-state index in [1.807, 2.05) is 43.3 Å². The Morgan fingerprint density at radius 3 is 2.76 bits per heavy atom. The third-order valence-electron chi connectivity index (χ3n) is 3.80. The van der Waals surface area contributed by atoms with E-state index in [1.54, 1.807) is 6.20 Å². The molecule has 3 aromatic heterocycles. The van der Waals surface area contributed by atoms with E-state index in [1.165, 1.54) is 15.3 Å². The molecule has 7 nitrogen and oxygen atoms in total. The average Bonchev–Trinajstić information content (AvgIpc) is 3.05. The topological polar surface area (TPSA) is 78.0 Å². The molecular weight excluding hydrogens is 384 g/mol. The van der Waals surface area contributed by atoms with Gasteiger partial charge in [-0.05, 0) is 48.0 Å². The lowest BCUT2D eigenvalue weighted by atomic mass is 10.2. The highest BCUT2D eigenvalue weighted by molar-refractivity contribution is 9.10. The summed E-state index contributed by atoms with van der Waals surface area (Å²) in [6, 6.07) is 12.9. The molecule has 0 fully saturated rings. The van der Waals surface area contributed by atoms with Crippen LogP contribution < -0.4 is 5.56 Å². The van der Waals surface area contributed by atoms with Crippen LogP contribution in [0.2, 0.25) is 0 Å². The zero-order valence-electron chi connectivity index (χ0n) is 13.3. The Morgan fingerprint density at radius 1 is 1.16 bits per heavy atom. The molecule has 4 rings (SSSR count). The molecule has 124 valence electrons. The third-order valence-corrected chi connectivity index (χ3v) is 4.33. The van der Waals surface area contributed by atoms with Crippen LogP contribution in [0, 0.1) is 6.92 Å². The normalized spacial score (nSPS) is 11.1. The van der Waals surface area contributed by atoms with Crippen LogP contribution in [0.15, 0.2) is 57.9 Å². The van der Waals surface area contributed by atoms with E-state index < -0.39 is 0 Å². The van der Waals surface area contributed by atoms with E-state index >= 15 is 0 Å². The van der Waals surface area contributed by atoms with Crippen molar-refractivity contribution in [3.05, 3.63) is 74.7 Å². The minimum Gasteiger partial charge on any atom is -0.269 e. The van der Waals surface area contributed by atoms with Crippen molar-refractivity contribution >= 4 is 21.6 Å². The van der Waals surface area contributed by atoms with Crippen LogP contribution in [0.4, 0.5) is 0 Å². The van der Waals surface area contributed by atoms with E-state index in [2.05, 4.69) is 36.3 Å². The predicted octanol–water partition coefficient (Wildman–Crippen LogP) is 2.47. The number of tetrazole rings is 1. The molecule has 25 heavy (non-hydrogen) atoms. The highest BCUT2D eigenvalue weighted by atomic mass is 79.9. The van der Waals surface area contributed by atoms with Gasteiger partial charge in [0.1, 0.15) is 12.2 Å². The van der Waals surface area contributed by atoms with Crippen LogP contribution >= 0.6 is 15.9 Å². The fourth-order valence-corrected chi connectivity index (χ4v) is 2.82. The van der Waals surface area contributed by atoms with Gasteiger partial charge in [0.15, 0.2) is 0 Å². The predicted molar refractivity (Wildman–Crippen MR) is 96.3 cm³/mol. The van der Waals surface area contributed by atoms with Crippen LogP contribution in [0.1, 0.15) is 11.3 Å². The van der Waals surface area contributed by atoms with Gasteiger partial charge in [0.05, 0.1) is 5.69 Å². The molecular formula is C17H13BrN6O. The number of aryl methyl sites for hydroxylation is 1. The summed E-state index contributed by atoms with van der Waals surface area (Å²) >= 11 is 3.40. The van der Waals surface area contributed by atoms with Gasteiger partial charge in [-0.1, -0.05) is 22.0 Å². The zero-order valence-corrected chi connectivity index (χ0v) is 14.9. The van der Waals surface area contributed by atoms with Gasteiger partial charge in [-0.15, -0.1) is 10.2 Å².